The molecule has 2 rings (SSSR count). The van der Waals surface area contributed by atoms with Crippen LogP contribution in [0.15, 0.2) is 18.2 Å². The third kappa shape index (κ3) is 1.86. The lowest BCUT2D eigenvalue weighted by Crippen LogP contribution is -1.98. The van der Waals surface area contributed by atoms with Gasteiger partial charge in [0.05, 0.1) is 5.69 Å². The van der Waals surface area contributed by atoms with Crippen molar-refractivity contribution in [1.82, 2.24) is 9.97 Å². The number of rotatable bonds is 2. The molecule has 0 radical (unpaired) electrons. The number of aromatic nitrogens is 2. The molecule has 1 aromatic carbocycles. The fourth-order valence-corrected chi connectivity index (χ4v) is 1.90. The minimum Gasteiger partial charge on any atom is -0.342 e. The number of nitrogens with two attached hydrogens (primary N) is 1. The Morgan fingerprint density at radius 3 is 2.56 bits per heavy atom. The van der Waals surface area contributed by atoms with Crippen molar-refractivity contribution in [2.45, 2.75) is 27.3 Å². The molecule has 84 valence electrons. The van der Waals surface area contributed by atoms with Crippen molar-refractivity contribution in [2.75, 3.05) is 0 Å². The molecule has 0 unspecified atom stereocenters. The summed E-state index contributed by atoms with van der Waals surface area (Å²) in [6.07, 6.45) is 0. The van der Waals surface area contributed by atoms with Gasteiger partial charge in [-0.2, -0.15) is 0 Å². The molecule has 0 amide bonds. The average molecular weight is 215 g/mol. The number of aromatic amines is 1. The highest BCUT2D eigenvalue weighted by atomic mass is 14.9. The van der Waals surface area contributed by atoms with E-state index in [1.54, 1.807) is 0 Å². The molecule has 3 N–H and O–H groups in total. The molecule has 16 heavy (non-hydrogen) atoms. The van der Waals surface area contributed by atoms with E-state index in [0.29, 0.717) is 6.54 Å². The zero-order valence-corrected chi connectivity index (χ0v) is 9.96. The molecular formula is C13H17N3. The smallest absolute Gasteiger partial charge is 0.138 e. The zero-order valence-electron chi connectivity index (χ0n) is 9.96. The van der Waals surface area contributed by atoms with Gasteiger partial charge in [-0.1, -0.05) is 23.8 Å². The van der Waals surface area contributed by atoms with Gasteiger partial charge in [0.15, 0.2) is 0 Å². The van der Waals surface area contributed by atoms with E-state index in [-0.39, 0.29) is 0 Å². The first-order valence-corrected chi connectivity index (χ1v) is 5.45. The molecule has 2 aromatic rings. The Labute approximate surface area is 95.7 Å². The van der Waals surface area contributed by atoms with Crippen molar-refractivity contribution in [1.29, 1.82) is 0 Å². The van der Waals surface area contributed by atoms with Crippen LogP contribution in [0.2, 0.25) is 0 Å². The second-order valence-corrected chi connectivity index (χ2v) is 4.18. The van der Waals surface area contributed by atoms with E-state index in [1.165, 1.54) is 11.1 Å². The quantitative estimate of drug-likeness (QED) is 0.808. The lowest BCUT2D eigenvalue weighted by Gasteiger charge is -2.03. The molecule has 1 heterocycles. The number of aryl methyl sites for hydroxylation is 3. The fraction of sp³-hybridized carbons (Fsp3) is 0.308. The summed E-state index contributed by atoms with van der Waals surface area (Å²) in [6.45, 7) is 6.67. The summed E-state index contributed by atoms with van der Waals surface area (Å²) in [5.74, 6) is 0.912. The normalized spacial score (nSPS) is 10.8. The highest BCUT2D eigenvalue weighted by molar-refractivity contribution is 5.61. The van der Waals surface area contributed by atoms with Crippen molar-refractivity contribution < 1.29 is 0 Å². The van der Waals surface area contributed by atoms with Gasteiger partial charge in [0.1, 0.15) is 5.82 Å². The van der Waals surface area contributed by atoms with Crippen LogP contribution in [-0.2, 0) is 6.54 Å². The van der Waals surface area contributed by atoms with Gasteiger partial charge in [0.2, 0.25) is 0 Å². The van der Waals surface area contributed by atoms with Gasteiger partial charge in [0.25, 0.3) is 0 Å². The fourth-order valence-electron chi connectivity index (χ4n) is 1.90. The van der Waals surface area contributed by atoms with Gasteiger partial charge < -0.3 is 10.7 Å². The molecule has 3 heteroatoms. The summed E-state index contributed by atoms with van der Waals surface area (Å²) < 4.78 is 0. The molecule has 0 aliphatic rings. The number of imidazole rings is 1. The second-order valence-electron chi connectivity index (χ2n) is 4.18. The topological polar surface area (TPSA) is 54.7 Å². The van der Waals surface area contributed by atoms with Crippen LogP contribution < -0.4 is 5.73 Å². The molecule has 1 aromatic heterocycles. The first kappa shape index (κ1) is 10.9. The molecule has 3 nitrogen and oxygen atoms in total. The van der Waals surface area contributed by atoms with Crippen molar-refractivity contribution in [3.8, 4) is 11.4 Å². The van der Waals surface area contributed by atoms with Crippen LogP contribution in [0, 0.1) is 20.8 Å². The van der Waals surface area contributed by atoms with Crippen molar-refractivity contribution in [2.24, 2.45) is 5.73 Å². The Morgan fingerprint density at radius 1 is 1.25 bits per heavy atom. The molecule has 0 aliphatic carbocycles. The number of nitrogens with one attached hydrogen (secondary N) is 1. The molecule has 0 spiro atoms. The van der Waals surface area contributed by atoms with Gasteiger partial charge in [-0.15, -0.1) is 0 Å². The molecular weight excluding hydrogens is 198 g/mol. The summed E-state index contributed by atoms with van der Waals surface area (Å²) >= 11 is 0. The van der Waals surface area contributed by atoms with Crippen LogP contribution in [0.25, 0.3) is 11.4 Å². The molecule has 0 aliphatic heterocycles. The molecule has 0 atom stereocenters. The molecule has 0 saturated heterocycles. The van der Waals surface area contributed by atoms with E-state index < -0.39 is 0 Å². The van der Waals surface area contributed by atoms with E-state index in [9.17, 15) is 0 Å². The third-order valence-electron chi connectivity index (χ3n) is 2.82. The van der Waals surface area contributed by atoms with Gasteiger partial charge in [-0.3, -0.25) is 0 Å². The number of benzene rings is 1. The molecule has 0 bridgehead atoms. The highest BCUT2D eigenvalue weighted by Crippen LogP contribution is 2.22. The van der Waals surface area contributed by atoms with Gasteiger partial charge in [-0.05, 0) is 26.3 Å². The first-order chi connectivity index (χ1) is 7.61. The third-order valence-corrected chi connectivity index (χ3v) is 2.82. The molecule has 0 fully saturated rings. The van der Waals surface area contributed by atoms with E-state index in [0.717, 1.165) is 22.8 Å². The van der Waals surface area contributed by atoms with E-state index in [2.05, 4.69) is 42.0 Å². The van der Waals surface area contributed by atoms with Gasteiger partial charge >= 0.3 is 0 Å². The van der Waals surface area contributed by atoms with Crippen molar-refractivity contribution in [3.05, 3.63) is 40.7 Å². The Balaban J connectivity index is 2.50. The largest absolute Gasteiger partial charge is 0.342 e. The summed E-state index contributed by atoms with van der Waals surface area (Å²) in [5.41, 5.74) is 11.3. The lowest BCUT2D eigenvalue weighted by molar-refractivity contribution is 0.993. The second kappa shape index (κ2) is 4.10. The first-order valence-electron chi connectivity index (χ1n) is 5.45. The summed E-state index contributed by atoms with van der Waals surface area (Å²) in [6, 6.07) is 6.36. The standard InChI is InChI=1S/C13H17N3/c1-8-4-5-11(9(2)6-8)13-15-10(3)12(7-14)16-13/h4-6H,7,14H2,1-3H3,(H,15,16). The number of H-pyrrole nitrogens is 1. The Hall–Kier alpha value is -1.61. The Bertz CT molecular complexity index is 512. The predicted molar refractivity (Wildman–Crippen MR) is 66.1 cm³/mol. The number of hydrogen-bond acceptors (Lipinski definition) is 2. The average Bonchev–Trinajstić information content (AvgIpc) is 2.59. The lowest BCUT2D eigenvalue weighted by atomic mass is 10.1. The van der Waals surface area contributed by atoms with Gasteiger partial charge in [0, 0.05) is 17.8 Å². The van der Waals surface area contributed by atoms with E-state index in [4.69, 9.17) is 5.73 Å². The maximum absolute atomic E-state index is 5.62. The van der Waals surface area contributed by atoms with Crippen molar-refractivity contribution >= 4 is 0 Å². The van der Waals surface area contributed by atoms with E-state index >= 15 is 0 Å². The monoisotopic (exact) mass is 215 g/mol. The van der Waals surface area contributed by atoms with Crippen LogP contribution in [0.3, 0.4) is 0 Å². The maximum Gasteiger partial charge on any atom is 0.138 e. The minimum absolute atomic E-state index is 0.479. The molecule has 0 saturated carbocycles. The highest BCUT2D eigenvalue weighted by Gasteiger charge is 2.09. The van der Waals surface area contributed by atoms with E-state index in [1.807, 2.05) is 6.92 Å². The maximum atomic E-state index is 5.62. The van der Waals surface area contributed by atoms with Crippen LogP contribution in [0.1, 0.15) is 22.5 Å². The van der Waals surface area contributed by atoms with Crippen molar-refractivity contribution in [3.63, 3.8) is 0 Å². The van der Waals surface area contributed by atoms with Crippen LogP contribution in [0.5, 0.6) is 0 Å². The van der Waals surface area contributed by atoms with Crippen LogP contribution >= 0.6 is 0 Å². The summed E-state index contributed by atoms with van der Waals surface area (Å²) in [5, 5.41) is 0. The summed E-state index contributed by atoms with van der Waals surface area (Å²) in [4.78, 5) is 7.79. The van der Waals surface area contributed by atoms with Crippen LogP contribution in [-0.4, -0.2) is 9.97 Å². The Kier molecular flexibility index (Phi) is 2.79. The number of nitrogens with zero attached hydrogens (tertiary/aromatic N) is 1. The Morgan fingerprint density at radius 2 is 2.00 bits per heavy atom. The van der Waals surface area contributed by atoms with Crippen LogP contribution in [0.4, 0.5) is 0 Å². The van der Waals surface area contributed by atoms with Gasteiger partial charge in [-0.25, -0.2) is 4.98 Å². The predicted octanol–water partition coefficient (Wildman–Crippen LogP) is 2.46. The number of hydrogen-bond donors (Lipinski definition) is 2. The SMILES string of the molecule is Cc1ccc(-c2nc(CN)c(C)[nH]2)c(C)c1. The zero-order chi connectivity index (χ0) is 11.7. The summed E-state index contributed by atoms with van der Waals surface area (Å²) in [7, 11) is 0. The minimum atomic E-state index is 0.479.